The number of amides is 1. The van der Waals surface area contributed by atoms with Gasteiger partial charge in [0.2, 0.25) is 5.95 Å². The summed E-state index contributed by atoms with van der Waals surface area (Å²) >= 11 is 0. The minimum absolute atomic E-state index is 0.0203. The molecule has 0 spiro atoms. The Morgan fingerprint density at radius 2 is 1.62 bits per heavy atom. The van der Waals surface area contributed by atoms with E-state index in [0.717, 1.165) is 10.5 Å². The Bertz CT molecular complexity index is 1110. The van der Waals surface area contributed by atoms with Crippen LogP contribution in [0.25, 0.3) is 5.76 Å². The topological polar surface area (TPSA) is 83.4 Å². The highest BCUT2D eigenvalue weighted by Crippen LogP contribution is 2.40. The number of carbonyl (C=O) groups is 2. The van der Waals surface area contributed by atoms with E-state index >= 15 is 0 Å². The molecule has 3 aromatic rings. The van der Waals surface area contributed by atoms with Crippen LogP contribution in [0.5, 0.6) is 0 Å². The van der Waals surface area contributed by atoms with Gasteiger partial charge in [-0.15, -0.1) is 0 Å². The van der Waals surface area contributed by atoms with Gasteiger partial charge in [0, 0.05) is 18.0 Å². The number of rotatable bonds is 3. The number of anilines is 1. The van der Waals surface area contributed by atoms with Crippen LogP contribution < -0.4 is 4.90 Å². The van der Waals surface area contributed by atoms with Crippen LogP contribution in [0, 0.1) is 12.7 Å². The van der Waals surface area contributed by atoms with E-state index in [-0.39, 0.29) is 17.3 Å². The Morgan fingerprint density at radius 3 is 2.24 bits per heavy atom. The summed E-state index contributed by atoms with van der Waals surface area (Å²) in [5.41, 5.74) is 1.73. The van der Waals surface area contributed by atoms with Gasteiger partial charge in [-0.3, -0.25) is 14.5 Å². The van der Waals surface area contributed by atoms with E-state index in [4.69, 9.17) is 0 Å². The maximum Gasteiger partial charge on any atom is 0.302 e. The molecule has 29 heavy (non-hydrogen) atoms. The monoisotopic (exact) mass is 389 g/mol. The predicted molar refractivity (Wildman–Crippen MR) is 104 cm³/mol. The molecule has 0 saturated carbocycles. The highest BCUT2D eigenvalue weighted by molar-refractivity contribution is 6.51. The van der Waals surface area contributed by atoms with E-state index in [0.29, 0.717) is 11.1 Å². The quantitative estimate of drug-likeness (QED) is 0.421. The van der Waals surface area contributed by atoms with Gasteiger partial charge in [-0.2, -0.15) is 0 Å². The maximum absolute atomic E-state index is 13.5. The average molecular weight is 389 g/mol. The lowest BCUT2D eigenvalue weighted by molar-refractivity contribution is -0.132. The van der Waals surface area contributed by atoms with Gasteiger partial charge in [0.1, 0.15) is 11.6 Å². The number of nitrogens with zero attached hydrogens (tertiary/aromatic N) is 3. The summed E-state index contributed by atoms with van der Waals surface area (Å²) in [7, 11) is 0. The van der Waals surface area contributed by atoms with Crippen LogP contribution in [0.4, 0.5) is 10.3 Å². The van der Waals surface area contributed by atoms with Gasteiger partial charge < -0.3 is 5.11 Å². The van der Waals surface area contributed by atoms with Crippen LogP contribution in [-0.2, 0) is 9.59 Å². The average Bonchev–Trinajstić information content (AvgIpc) is 3.00. The van der Waals surface area contributed by atoms with Gasteiger partial charge in [0.15, 0.2) is 0 Å². The third-order valence-electron chi connectivity index (χ3n) is 4.72. The molecule has 1 aromatic heterocycles. The van der Waals surface area contributed by atoms with Gasteiger partial charge in [0.05, 0.1) is 11.6 Å². The van der Waals surface area contributed by atoms with Crippen LogP contribution in [0.15, 0.2) is 72.6 Å². The summed E-state index contributed by atoms with van der Waals surface area (Å²) in [4.78, 5) is 35.0. The smallest absolute Gasteiger partial charge is 0.302 e. The second kappa shape index (κ2) is 7.27. The van der Waals surface area contributed by atoms with E-state index < -0.39 is 23.5 Å². The molecule has 2 aromatic carbocycles. The van der Waals surface area contributed by atoms with Crippen molar-refractivity contribution in [3.63, 3.8) is 0 Å². The normalized spacial score (nSPS) is 18.3. The lowest BCUT2D eigenvalue weighted by Crippen LogP contribution is -2.31. The zero-order valence-corrected chi connectivity index (χ0v) is 15.4. The zero-order chi connectivity index (χ0) is 20.5. The molecule has 1 amide bonds. The molecule has 1 aliphatic heterocycles. The number of benzene rings is 2. The zero-order valence-electron chi connectivity index (χ0n) is 15.4. The summed E-state index contributed by atoms with van der Waals surface area (Å²) in [6.07, 6.45) is 2.90. The molecule has 1 N–H and O–H groups in total. The van der Waals surface area contributed by atoms with Crippen molar-refractivity contribution >= 4 is 23.4 Å². The Labute approximate surface area is 166 Å². The van der Waals surface area contributed by atoms with Crippen molar-refractivity contribution in [2.75, 3.05) is 4.90 Å². The molecular weight excluding hydrogens is 373 g/mol. The number of carbonyl (C=O) groups excluding carboxylic acids is 2. The van der Waals surface area contributed by atoms with Crippen LogP contribution in [-0.4, -0.2) is 26.8 Å². The molecule has 4 rings (SSSR count). The number of aryl methyl sites for hydroxylation is 1. The molecule has 0 bridgehead atoms. The molecule has 0 radical (unpaired) electrons. The standard InChI is InChI=1S/C22H16FN3O3/c1-13-3-5-15(6-4-13)19(27)17-18(14-7-9-16(23)10-8-14)26(21(29)20(17)28)22-24-11-2-12-25-22/h2-12,18,27H,1H3/t18-/m0/s1. The Kier molecular flexibility index (Phi) is 4.64. The van der Waals surface area contributed by atoms with Crippen molar-refractivity contribution in [2.24, 2.45) is 0 Å². The van der Waals surface area contributed by atoms with Crippen molar-refractivity contribution in [2.45, 2.75) is 13.0 Å². The fourth-order valence-corrected chi connectivity index (χ4v) is 3.28. The molecule has 0 aliphatic carbocycles. The van der Waals surface area contributed by atoms with Crippen LogP contribution in [0.2, 0.25) is 0 Å². The van der Waals surface area contributed by atoms with Gasteiger partial charge in [-0.05, 0) is 30.7 Å². The van der Waals surface area contributed by atoms with Crippen molar-refractivity contribution in [3.05, 3.63) is 95.1 Å². The van der Waals surface area contributed by atoms with E-state index in [1.807, 2.05) is 6.92 Å². The van der Waals surface area contributed by atoms with Crippen LogP contribution >= 0.6 is 0 Å². The third-order valence-corrected chi connectivity index (χ3v) is 4.72. The van der Waals surface area contributed by atoms with E-state index in [1.165, 1.54) is 36.7 Å². The molecule has 1 aliphatic rings. The first-order valence-electron chi connectivity index (χ1n) is 8.88. The van der Waals surface area contributed by atoms with E-state index in [1.54, 1.807) is 30.3 Å². The number of aliphatic hydroxyl groups is 1. The van der Waals surface area contributed by atoms with Crippen LogP contribution in [0.3, 0.4) is 0 Å². The van der Waals surface area contributed by atoms with E-state index in [9.17, 15) is 19.1 Å². The molecule has 1 atom stereocenters. The molecule has 6 nitrogen and oxygen atoms in total. The Morgan fingerprint density at radius 1 is 1.00 bits per heavy atom. The molecule has 0 unspecified atom stereocenters. The number of Topliss-reactive ketones (excluding diaryl/α,β-unsaturated/α-hetero) is 1. The number of hydrogen-bond acceptors (Lipinski definition) is 5. The predicted octanol–water partition coefficient (Wildman–Crippen LogP) is 3.55. The Balaban J connectivity index is 1.94. The molecule has 2 heterocycles. The van der Waals surface area contributed by atoms with Crippen LogP contribution in [0.1, 0.15) is 22.7 Å². The minimum Gasteiger partial charge on any atom is -0.507 e. The number of hydrogen-bond donors (Lipinski definition) is 1. The fraction of sp³-hybridized carbons (Fsp3) is 0.0909. The van der Waals surface area contributed by atoms with Gasteiger partial charge in [-0.1, -0.05) is 42.0 Å². The van der Waals surface area contributed by atoms with Crippen molar-refractivity contribution < 1.29 is 19.1 Å². The summed E-state index contributed by atoms with van der Waals surface area (Å²) < 4.78 is 13.5. The maximum atomic E-state index is 13.5. The van der Waals surface area contributed by atoms with Gasteiger partial charge in [-0.25, -0.2) is 14.4 Å². The lowest BCUT2D eigenvalue weighted by atomic mass is 9.95. The molecular formula is C22H16FN3O3. The first kappa shape index (κ1) is 18.5. The summed E-state index contributed by atoms with van der Waals surface area (Å²) in [5, 5.41) is 10.9. The van der Waals surface area contributed by atoms with Gasteiger partial charge >= 0.3 is 5.91 Å². The molecule has 144 valence electrons. The minimum atomic E-state index is -0.987. The molecule has 7 heteroatoms. The summed E-state index contributed by atoms with van der Waals surface area (Å²) in [6, 6.07) is 12.9. The first-order chi connectivity index (χ1) is 14.0. The number of halogens is 1. The second-order valence-electron chi connectivity index (χ2n) is 6.64. The summed E-state index contributed by atoms with van der Waals surface area (Å²) in [5.74, 6) is -2.47. The first-order valence-corrected chi connectivity index (χ1v) is 8.88. The highest BCUT2D eigenvalue weighted by atomic mass is 19.1. The van der Waals surface area contributed by atoms with Gasteiger partial charge in [0.25, 0.3) is 5.78 Å². The number of aliphatic hydroxyl groups excluding tert-OH is 1. The SMILES string of the molecule is Cc1ccc(C(O)=C2C(=O)C(=O)N(c3ncccn3)[C@H]2c2ccc(F)cc2)cc1. The fourth-order valence-electron chi connectivity index (χ4n) is 3.28. The number of ketones is 1. The van der Waals surface area contributed by atoms with Crippen molar-refractivity contribution in [1.29, 1.82) is 0 Å². The lowest BCUT2D eigenvalue weighted by Gasteiger charge is -2.23. The largest absolute Gasteiger partial charge is 0.507 e. The highest BCUT2D eigenvalue weighted by Gasteiger charge is 2.48. The summed E-state index contributed by atoms with van der Waals surface area (Å²) in [6.45, 7) is 1.90. The molecule has 1 saturated heterocycles. The number of aromatic nitrogens is 2. The van der Waals surface area contributed by atoms with Crippen molar-refractivity contribution in [3.8, 4) is 0 Å². The Hall–Kier alpha value is -3.87. The third kappa shape index (κ3) is 3.27. The molecule has 1 fully saturated rings. The second-order valence-corrected chi connectivity index (χ2v) is 6.64. The van der Waals surface area contributed by atoms with Crippen molar-refractivity contribution in [1.82, 2.24) is 9.97 Å². The van der Waals surface area contributed by atoms with E-state index in [2.05, 4.69) is 9.97 Å².